The maximum Gasteiger partial charge on any atom is 0.268 e. The van der Waals surface area contributed by atoms with E-state index >= 15 is 0 Å². The van der Waals surface area contributed by atoms with E-state index in [1.807, 2.05) is 27.2 Å². The Hall–Kier alpha value is -1.28. The SMILES string of the molecule is CCCCCCCCCCC/C=C/C(O)C(COP(=O)([O-])OCC[N+](C)(C)C)NC(=O)CCCCCCCCCCCCCCCCCCC/C=C\C/C=C\CCCCCCCCCCCCCCCCC. The molecule has 0 aromatic carbocycles. The fourth-order valence-corrected chi connectivity index (χ4v) is 10.1. The van der Waals surface area contributed by atoms with E-state index < -0.39 is 20.0 Å². The van der Waals surface area contributed by atoms with Gasteiger partial charge in [-0.15, -0.1) is 0 Å². The molecule has 0 radical (unpaired) electrons. The number of amides is 1. The van der Waals surface area contributed by atoms with Gasteiger partial charge in [-0.25, -0.2) is 0 Å². The van der Waals surface area contributed by atoms with Crippen LogP contribution in [0.5, 0.6) is 0 Å². The lowest BCUT2D eigenvalue weighted by Crippen LogP contribution is -2.45. The van der Waals surface area contributed by atoms with E-state index in [0.717, 1.165) is 44.9 Å². The van der Waals surface area contributed by atoms with Crippen LogP contribution in [-0.2, 0) is 18.4 Å². The molecule has 2 N–H and O–H groups in total. The van der Waals surface area contributed by atoms with Crippen molar-refractivity contribution in [2.75, 3.05) is 40.9 Å². The zero-order valence-electron chi connectivity index (χ0n) is 48.6. The predicted molar refractivity (Wildman–Crippen MR) is 311 cm³/mol. The van der Waals surface area contributed by atoms with Crippen LogP contribution in [0.1, 0.15) is 309 Å². The number of aliphatic hydroxyl groups is 1. The highest BCUT2D eigenvalue weighted by atomic mass is 31.2. The first kappa shape index (κ1) is 70.7. The average Bonchev–Trinajstić information content (AvgIpc) is 3.34. The van der Waals surface area contributed by atoms with Crippen LogP contribution in [0, 0.1) is 0 Å². The summed E-state index contributed by atoms with van der Waals surface area (Å²) in [6.07, 6.45) is 71.3. The van der Waals surface area contributed by atoms with Crippen molar-refractivity contribution in [2.45, 2.75) is 321 Å². The van der Waals surface area contributed by atoms with Crippen molar-refractivity contribution in [1.29, 1.82) is 0 Å². The van der Waals surface area contributed by atoms with Gasteiger partial charge in [0.15, 0.2) is 0 Å². The minimum atomic E-state index is -4.59. The Kier molecular flexibility index (Phi) is 53.5. The minimum absolute atomic E-state index is 0.0000310. The molecular weight excluding hydrogens is 912 g/mol. The van der Waals surface area contributed by atoms with E-state index in [9.17, 15) is 19.4 Å². The number of carbonyl (C=O) groups is 1. The highest BCUT2D eigenvalue weighted by Crippen LogP contribution is 2.38. The van der Waals surface area contributed by atoms with Gasteiger partial charge in [0.2, 0.25) is 5.91 Å². The lowest BCUT2D eigenvalue weighted by Gasteiger charge is -2.29. The largest absolute Gasteiger partial charge is 0.756 e. The van der Waals surface area contributed by atoms with E-state index in [2.05, 4.69) is 43.5 Å². The summed E-state index contributed by atoms with van der Waals surface area (Å²) >= 11 is 0. The summed E-state index contributed by atoms with van der Waals surface area (Å²) in [5.41, 5.74) is 0. The molecule has 72 heavy (non-hydrogen) atoms. The molecule has 0 aliphatic heterocycles. The normalized spacial score (nSPS) is 14.0. The van der Waals surface area contributed by atoms with Crippen LogP contribution in [0.3, 0.4) is 0 Å². The van der Waals surface area contributed by atoms with Crippen LogP contribution in [-0.4, -0.2) is 68.5 Å². The number of allylic oxidation sites excluding steroid dienone is 5. The van der Waals surface area contributed by atoms with Crippen LogP contribution in [0.25, 0.3) is 0 Å². The van der Waals surface area contributed by atoms with Gasteiger partial charge in [-0.3, -0.25) is 9.36 Å². The van der Waals surface area contributed by atoms with Gasteiger partial charge in [-0.05, 0) is 51.4 Å². The van der Waals surface area contributed by atoms with E-state index in [0.29, 0.717) is 17.4 Å². The average molecular weight is 1040 g/mol. The molecule has 0 saturated carbocycles. The number of likely N-dealkylation sites (N-methyl/N-ethyl adjacent to an activating group) is 1. The summed E-state index contributed by atoms with van der Waals surface area (Å²) in [5, 5.41) is 13.8. The highest BCUT2D eigenvalue weighted by Gasteiger charge is 2.23. The first-order chi connectivity index (χ1) is 35.0. The monoisotopic (exact) mass is 1030 g/mol. The molecule has 0 aromatic heterocycles. The number of phosphoric ester groups is 1. The Bertz CT molecular complexity index is 1270. The zero-order chi connectivity index (χ0) is 52.7. The van der Waals surface area contributed by atoms with E-state index in [4.69, 9.17) is 9.05 Å². The number of nitrogens with one attached hydrogen (secondary N) is 1. The lowest BCUT2D eigenvalue weighted by molar-refractivity contribution is -0.870. The van der Waals surface area contributed by atoms with Crippen LogP contribution >= 0.6 is 7.82 Å². The number of carbonyl (C=O) groups excluding carboxylic acids is 1. The topological polar surface area (TPSA) is 108 Å². The second-order valence-electron chi connectivity index (χ2n) is 22.8. The molecule has 9 heteroatoms. The lowest BCUT2D eigenvalue weighted by atomic mass is 10.0. The first-order valence-electron chi connectivity index (χ1n) is 31.4. The maximum atomic E-state index is 12.9. The number of rotatable bonds is 58. The van der Waals surface area contributed by atoms with E-state index in [-0.39, 0.29) is 19.1 Å². The zero-order valence-corrected chi connectivity index (χ0v) is 49.5. The van der Waals surface area contributed by atoms with Gasteiger partial charge < -0.3 is 28.8 Å². The molecule has 8 nitrogen and oxygen atoms in total. The van der Waals surface area contributed by atoms with Gasteiger partial charge in [-0.1, -0.05) is 288 Å². The molecule has 1 amide bonds. The van der Waals surface area contributed by atoms with Crippen LogP contribution in [0.2, 0.25) is 0 Å². The number of quaternary nitrogens is 1. The molecule has 0 heterocycles. The standard InChI is InChI=1S/C63H123N2O6P/c1-6-8-10-12-14-16-18-19-20-21-22-23-24-25-26-27-28-29-30-31-32-33-34-35-36-37-38-39-40-41-42-43-44-45-47-49-51-53-55-57-63(67)64-61(60-71-72(68,69)70-59-58-65(3,4)5)62(66)56-54-52-50-48-46-17-15-13-11-9-7-2/h28-29,31-32,54,56,61-62,66H,6-27,30,33-53,55,57-60H2,1-5H3,(H-,64,67,68,69)/b29-28-,32-31-,56-54+. The Balaban J connectivity index is 3.86. The predicted octanol–water partition coefficient (Wildman–Crippen LogP) is 18.7. The molecular formula is C63H123N2O6P. The molecule has 0 rings (SSSR count). The number of nitrogens with zero attached hydrogens (tertiary/aromatic N) is 1. The highest BCUT2D eigenvalue weighted by molar-refractivity contribution is 7.45. The molecule has 0 fully saturated rings. The van der Waals surface area contributed by atoms with Gasteiger partial charge in [0.25, 0.3) is 7.82 Å². The maximum absolute atomic E-state index is 12.9. The van der Waals surface area contributed by atoms with Crippen molar-refractivity contribution in [1.82, 2.24) is 5.32 Å². The molecule has 0 aromatic rings. The van der Waals surface area contributed by atoms with Crippen LogP contribution in [0.4, 0.5) is 0 Å². The molecule has 0 spiro atoms. The van der Waals surface area contributed by atoms with Crippen molar-refractivity contribution < 1.29 is 32.9 Å². The second kappa shape index (κ2) is 54.5. The summed E-state index contributed by atoms with van der Waals surface area (Å²) in [6, 6.07) is -0.884. The summed E-state index contributed by atoms with van der Waals surface area (Å²) in [4.78, 5) is 25.4. The molecule has 0 aliphatic carbocycles. The number of hydrogen-bond donors (Lipinski definition) is 2. The van der Waals surface area contributed by atoms with Crippen molar-refractivity contribution in [3.63, 3.8) is 0 Å². The fourth-order valence-electron chi connectivity index (χ4n) is 9.42. The van der Waals surface area contributed by atoms with Crippen molar-refractivity contribution in [3.8, 4) is 0 Å². The number of unbranched alkanes of at least 4 members (excludes halogenated alkanes) is 41. The van der Waals surface area contributed by atoms with Gasteiger partial charge in [0.1, 0.15) is 13.2 Å². The van der Waals surface area contributed by atoms with Crippen molar-refractivity contribution >= 4 is 13.7 Å². The molecule has 3 atom stereocenters. The number of hydrogen-bond acceptors (Lipinski definition) is 6. The third-order valence-corrected chi connectivity index (χ3v) is 15.3. The molecule has 0 bridgehead atoms. The van der Waals surface area contributed by atoms with Crippen LogP contribution in [0.15, 0.2) is 36.5 Å². The fraction of sp³-hybridized carbons (Fsp3) is 0.889. The van der Waals surface area contributed by atoms with E-state index in [1.54, 1.807) is 6.08 Å². The summed E-state index contributed by atoms with van der Waals surface area (Å²) in [5.74, 6) is -0.195. The molecule has 3 unspecified atom stereocenters. The van der Waals surface area contributed by atoms with Crippen molar-refractivity contribution in [2.24, 2.45) is 0 Å². The molecule has 426 valence electrons. The van der Waals surface area contributed by atoms with Crippen molar-refractivity contribution in [3.05, 3.63) is 36.5 Å². The van der Waals surface area contributed by atoms with Gasteiger partial charge >= 0.3 is 0 Å². The van der Waals surface area contributed by atoms with Gasteiger partial charge in [0.05, 0.1) is 39.9 Å². The second-order valence-corrected chi connectivity index (χ2v) is 24.2. The number of phosphoric acid groups is 1. The smallest absolute Gasteiger partial charge is 0.268 e. The number of aliphatic hydroxyl groups excluding tert-OH is 1. The van der Waals surface area contributed by atoms with Gasteiger partial charge in [0, 0.05) is 6.42 Å². The molecule has 0 saturated heterocycles. The Morgan fingerprint density at radius 3 is 1.15 bits per heavy atom. The Labute approximate surface area is 448 Å². The van der Waals surface area contributed by atoms with Crippen LogP contribution < -0.4 is 10.2 Å². The minimum Gasteiger partial charge on any atom is -0.756 e. The third-order valence-electron chi connectivity index (χ3n) is 14.3. The summed E-state index contributed by atoms with van der Waals surface area (Å²) in [6.45, 7) is 4.66. The first-order valence-corrected chi connectivity index (χ1v) is 32.8. The third kappa shape index (κ3) is 56.4. The summed E-state index contributed by atoms with van der Waals surface area (Å²) in [7, 11) is 1.27. The Morgan fingerprint density at radius 2 is 0.806 bits per heavy atom. The Morgan fingerprint density at radius 1 is 0.486 bits per heavy atom. The summed E-state index contributed by atoms with van der Waals surface area (Å²) < 4.78 is 23.3. The van der Waals surface area contributed by atoms with E-state index in [1.165, 1.54) is 244 Å². The quantitative estimate of drug-likeness (QED) is 0.0272. The molecule has 0 aliphatic rings. The van der Waals surface area contributed by atoms with Gasteiger partial charge in [-0.2, -0.15) is 0 Å².